The second-order valence-corrected chi connectivity index (χ2v) is 5.29. The molecule has 0 saturated carbocycles. The third kappa shape index (κ3) is 4.11. The lowest BCUT2D eigenvalue weighted by Crippen LogP contribution is -2.47. The summed E-state index contributed by atoms with van der Waals surface area (Å²) in [5.41, 5.74) is 0.776. The van der Waals surface area contributed by atoms with Crippen molar-refractivity contribution < 1.29 is 18.3 Å². The maximum Gasteiger partial charge on any atom is 0.416 e. The average molecular weight is 302 g/mol. The van der Waals surface area contributed by atoms with Crippen LogP contribution in [-0.4, -0.2) is 49.3 Å². The molecule has 0 unspecified atom stereocenters. The van der Waals surface area contributed by atoms with Gasteiger partial charge in [0, 0.05) is 38.4 Å². The van der Waals surface area contributed by atoms with Gasteiger partial charge in [0.2, 0.25) is 0 Å². The van der Waals surface area contributed by atoms with Gasteiger partial charge >= 0.3 is 6.18 Å². The Hall–Kier alpha value is -1.27. The molecule has 0 aliphatic carbocycles. The molecule has 1 aliphatic heterocycles. The van der Waals surface area contributed by atoms with Gasteiger partial charge in [-0.25, -0.2) is 0 Å². The van der Waals surface area contributed by atoms with Crippen molar-refractivity contribution in [3.05, 3.63) is 29.3 Å². The van der Waals surface area contributed by atoms with Crippen molar-refractivity contribution in [2.75, 3.05) is 44.2 Å². The predicted octanol–water partition coefficient (Wildman–Crippen LogP) is 2.38. The van der Waals surface area contributed by atoms with E-state index in [4.69, 9.17) is 5.11 Å². The fraction of sp³-hybridized carbons (Fsp3) is 0.600. The minimum Gasteiger partial charge on any atom is -0.395 e. The molecular formula is C15H21F3N2O. The van der Waals surface area contributed by atoms with E-state index in [-0.39, 0.29) is 6.61 Å². The molecule has 0 radical (unpaired) electrons. The zero-order valence-corrected chi connectivity index (χ0v) is 12.2. The topological polar surface area (TPSA) is 26.7 Å². The van der Waals surface area contributed by atoms with Crippen molar-refractivity contribution in [1.82, 2.24) is 4.90 Å². The van der Waals surface area contributed by atoms with Crippen molar-refractivity contribution in [2.45, 2.75) is 19.5 Å². The summed E-state index contributed by atoms with van der Waals surface area (Å²) >= 11 is 0. The molecule has 21 heavy (non-hydrogen) atoms. The molecule has 1 heterocycles. The summed E-state index contributed by atoms with van der Waals surface area (Å²) < 4.78 is 38.9. The van der Waals surface area contributed by atoms with E-state index >= 15 is 0 Å². The number of halogens is 3. The number of piperazine rings is 1. The molecule has 1 N–H and O–H groups in total. The number of anilines is 1. The number of hydrogen-bond donors (Lipinski definition) is 1. The van der Waals surface area contributed by atoms with E-state index in [1.54, 1.807) is 0 Å². The number of benzene rings is 1. The van der Waals surface area contributed by atoms with Gasteiger partial charge in [-0.05, 0) is 30.2 Å². The minimum atomic E-state index is -4.31. The largest absolute Gasteiger partial charge is 0.416 e. The summed E-state index contributed by atoms with van der Waals surface area (Å²) in [6.07, 6.45) is -3.72. The predicted molar refractivity (Wildman–Crippen MR) is 76.6 cm³/mol. The Bertz CT molecular complexity index is 468. The standard InChI is InChI=1S/C15H21F3N2O/c1-2-12-9-13(15(16,17)18)11-14(10-12)20-5-3-19(4-6-20)7-8-21/h9-11,21H,2-8H2,1H3. The Morgan fingerprint density at radius 3 is 2.29 bits per heavy atom. The normalized spacial score (nSPS) is 17.3. The summed E-state index contributed by atoms with van der Waals surface area (Å²) in [7, 11) is 0. The summed E-state index contributed by atoms with van der Waals surface area (Å²) in [4.78, 5) is 4.10. The molecule has 3 nitrogen and oxygen atoms in total. The van der Waals surface area contributed by atoms with Crippen molar-refractivity contribution in [3.8, 4) is 0 Å². The maximum atomic E-state index is 13.0. The number of aliphatic hydroxyl groups is 1. The van der Waals surface area contributed by atoms with Gasteiger partial charge in [-0.1, -0.05) is 6.92 Å². The molecule has 1 fully saturated rings. The summed E-state index contributed by atoms with van der Waals surface area (Å²) in [5, 5.41) is 8.92. The molecule has 2 rings (SSSR count). The second kappa shape index (κ2) is 6.66. The van der Waals surface area contributed by atoms with Gasteiger partial charge in [-0.15, -0.1) is 0 Å². The highest BCUT2D eigenvalue weighted by Gasteiger charge is 2.31. The molecule has 0 spiro atoms. The Kier molecular flexibility index (Phi) is 5.11. The van der Waals surface area contributed by atoms with E-state index in [2.05, 4.69) is 4.90 Å². The lowest BCUT2D eigenvalue weighted by Gasteiger charge is -2.36. The van der Waals surface area contributed by atoms with Gasteiger partial charge in [0.25, 0.3) is 0 Å². The van der Waals surface area contributed by atoms with Gasteiger partial charge in [0.15, 0.2) is 0 Å². The number of alkyl halides is 3. The number of nitrogens with zero attached hydrogens (tertiary/aromatic N) is 2. The van der Waals surface area contributed by atoms with Crippen LogP contribution in [0.4, 0.5) is 18.9 Å². The Morgan fingerprint density at radius 2 is 1.76 bits per heavy atom. The lowest BCUT2D eigenvalue weighted by molar-refractivity contribution is -0.137. The van der Waals surface area contributed by atoms with Crippen molar-refractivity contribution >= 4 is 5.69 Å². The van der Waals surface area contributed by atoms with Crippen molar-refractivity contribution in [1.29, 1.82) is 0 Å². The van der Waals surface area contributed by atoms with E-state index in [9.17, 15) is 13.2 Å². The number of aliphatic hydroxyl groups excluding tert-OH is 1. The zero-order chi connectivity index (χ0) is 15.5. The highest BCUT2D eigenvalue weighted by atomic mass is 19.4. The zero-order valence-electron chi connectivity index (χ0n) is 12.2. The molecule has 0 bridgehead atoms. The highest BCUT2D eigenvalue weighted by molar-refractivity contribution is 5.52. The van der Waals surface area contributed by atoms with E-state index < -0.39 is 11.7 Å². The molecule has 0 aromatic heterocycles. The van der Waals surface area contributed by atoms with Crippen LogP contribution in [0.3, 0.4) is 0 Å². The van der Waals surface area contributed by atoms with Crippen LogP contribution in [0, 0.1) is 0 Å². The van der Waals surface area contributed by atoms with Crippen LogP contribution in [0.25, 0.3) is 0 Å². The molecule has 1 aromatic carbocycles. The first-order chi connectivity index (χ1) is 9.94. The first-order valence-corrected chi connectivity index (χ1v) is 7.23. The molecule has 0 atom stereocenters. The van der Waals surface area contributed by atoms with Gasteiger partial charge in [-0.3, -0.25) is 4.90 Å². The van der Waals surface area contributed by atoms with E-state index in [1.165, 1.54) is 12.1 Å². The minimum absolute atomic E-state index is 0.115. The van der Waals surface area contributed by atoms with Crippen molar-refractivity contribution in [2.24, 2.45) is 0 Å². The van der Waals surface area contributed by atoms with Crippen LogP contribution in [0.15, 0.2) is 18.2 Å². The van der Waals surface area contributed by atoms with Crippen LogP contribution in [-0.2, 0) is 12.6 Å². The van der Waals surface area contributed by atoms with Crippen LogP contribution < -0.4 is 4.90 Å². The quantitative estimate of drug-likeness (QED) is 0.925. The molecule has 0 amide bonds. The smallest absolute Gasteiger partial charge is 0.395 e. The van der Waals surface area contributed by atoms with E-state index in [0.29, 0.717) is 37.3 Å². The Morgan fingerprint density at radius 1 is 1.10 bits per heavy atom. The number of hydrogen-bond acceptors (Lipinski definition) is 3. The van der Waals surface area contributed by atoms with Gasteiger partial charge in [0.05, 0.1) is 12.2 Å². The van der Waals surface area contributed by atoms with E-state index in [1.807, 2.05) is 17.9 Å². The van der Waals surface area contributed by atoms with E-state index in [0.717, 1.165) is 13.1 Å². The number of rotatable bonds is 4. The first-order valence-electron chi connectivity index (χ1n) is 7.23. The fourth-order valence-electron chi connectivity index (χ4n) is 2.60. The molecule has 118 valence electrons. The van der Waals surface area contributed by atoms with Crippen molar-refractivity contribution in [3.63, 3.8) is 0 Å². The van der Waals surface area contributed by atoms with Gasteiger partial charge in [-0.2, -0.15) is 13.2 Å². The van der Waals surface area contributed by atoms with Gasteiger partial charge < -0.3 is 10.0 Å². The van der Waals surface area contributed by atoms with Crippen LogP contribution in [0.2, 0.25) is 0 Å². The summed E-state index contributed by atoms with van der Waals surface area (Å²) in [5.74, 6) is 0. The maximum absolute atomic E-state index is 13.0. The Labute approximate surface area is 123 Å². The third-order valence-corrected chi connectivity index (χ3v) is 3.87. The first kappa shape index (κ1) is 16.1. The molecule has 1 saturated heterocycles. The second-order valence-electron chi connectivity index (χ2n) is 5.29. The summed E-state index contributed by atoms with van der Waals surface area (Å²) in [6.45, 7) is 5.49. The SMILES string of the molecule is CCc1cc(N2CCN(CCO)CC2)cc(C(F)(F)F)c1. The molecular weight excluding hydrogens is 281 g/mol. The number of aryl methyl sites for hydroxylation is 1. The van der Waals surface area contributed by atoms with Gasteiger partial charge in [0.1, 0.15) is 0 Å². The molecule has 6 heteroatoms. The summed E-state index contributed by atoms with van der Waals surface area (Å²) in [6, 6.07) is 4.31. The van der Waals surface area contributed by atoms with Crippen LogP contribution in [0.5, 0.6) is 0 Å². The Balaban J connectivity index is 2.16. The third-order valence-electron chi connectivity index (χ3n) is 3.87. The molecule has 1 aromatic rings. The van der Waals surface area contributed by atoms with Crippen LogP contribution in [0.1, 0.15) is 18.1 Å². The molecule has 1 aliphatic rings. The average Bonchev–Trinajstić information content (AvgIpc) is 2.47. The highest BCUT2D eigenvalue weighted by Crippen LogP contribution is 2.33. The monoisotopic (exact) mass is 302 g/mol. The van der Waals surface area contributed by atoms with Crippen LogP contribution >= 0.6 is 0 Å². The fourth-order valence-corrected chi connectivity index (χ4v) is 2.60. The number of β-amino-alcohol motifs (C(OH)–C–C–N with tert-alkyl or cyclic N) is 1. The lowest BCUT2D eigenvalue weighted by atomic mass is 10.1.